The molecule has 1 unspecified atom stereocenters. The van der Waals surface area contributed by atoms with Crippen molar-refractivity contribution in [1.82, 2.24) is 19.4 Å². The molecule has 0 saturated carbocycles. The van der Waals surface area contributed by atoms with Gasteiger partial charge in [0.25, 0.3) is 0 Å². The molecule has 2 saturated heterocycles. The number of carbonyl (C=O) groups is 1. The van der Waals surface area contributed by atoms with E-state index in [0.29, 0.717) is 12.5 Å². The van der Waals surface area contributed by atoms with Crippen LogP contribution in [0, 0.1) is 5.41 Å². The van der Waals surface area contributed by atoms with Crippen molar-refractivity contribution in [2.45, 2.75) is 45.7 Å². The van der Waals surface area contributed by atoms with Crippen LogP contribution >= 0.6 is 0 Å². The van der Waals surface area contributed by atoms with Gasteiger partial charge in [0.05, 0.1) is 18.3 Å². The summed E-state index contributed by atoms with van der Waals surface area (Å²) in [4.78, 5) is 21.4. The largest absolute Gasteiger partial charge is 0.494 e. The number of likely N-dealkylation sites (tertiary alicyclic amines) is 2. The van der Waals surface area contributed by atoms with E-state index < -0.39 is 0 Å². The molecule has 0 aliphatic carbocycles. The minimum Gasteiger partial charge on any atom is -0.494 e. The average molecular weight is 397 g/mol. The first-order valence-corrected chi connectivity index (χ1v) is 10.9. The van der Waals surface area contributed by atoms with Crippen molar-refractivity contribution >= 4 is 5.91 Å². The van der Waals surface area contributed by atoms with E-state index in [1.807, 2.05) is 12.5 Å². The van der Waals surface area contributed by atoms with Crippen LogP contribution in [0.1, 0.15) is 38.2 Å². The molecule has 29 heavy (non-hydrogen) atoms. The lowest BCUT2D eigenvalue weighted by Gasteiger charge is -2.23. The van der Waals surface area contributed by atoms with E-state index in [2.05, 4.69) is 50.5 Å². The number of amides is 1. The molecule has 3 heterocycles. The first-order chi connectivity index (χ1) is 14.2. The van der Waals surface area contributed by atoms with Gasteiger partial charge >= 0.3 is 0 Å². The van der Waals surface area contributed by atoms with E-state index in [-0.39, 0.29) is 5.41 Å². The summed E-state index contributed by atoms with van der Waals surface area (Å²) in [5.41, 5.74) is 1.16. The zero-order chi connectivity index (χ0) is 20.1. The molecular formula is C23H32N4O2. The zero-order valence-electron chi connectivity index (χ0n) is 17.4. The lowest BCUT2D eigenvalue weighted by molar-refractivity contribution is -0.135. The van der Waals surface area contributed by atoms with E-state index in [9.17, 15) is 4.79 Å². The maximum absolute atomic E-state index is 12.8. The fraction of sp³-hybridized carbons (Fsp3) is 0.565. The summed E-state index contributed by atoms with van der Waals surface area (Å²) in [6.07, 6.45) is 9.63. The highest BCUT2D eigenvalue weighted by atomic mass is 16.5. The highest BCUT2D eigenvalue weighted by molar-refractivity contribution is 5.85. The third-order valence-electron chi connectivity index (χ3n) is 6.25. The van der Waals surface area contributed by atoms with Crippen molar-refractivity contribution in [3.8, 4) is 5.75 Å². The Labute approximate surface area is 173 Å². The molecule has 2 aliphatic rings. The standard InChI is InChI=1S/C23H32N4O2/c1-2-11-27-14-9-23(22(27)28)8-13-26(18-23)17-20-4-6-21(7-5-20)29-16-3-12-25-15-10-24-19-25/h4-7,10,15,19H,2-3,8-9,11-14,16-18H2,1H3. The molecule has 156 valence electrons. The minimum absolute atomic E-state index is 0.118. The van der Waals surface area contributed by atoms with Gasteiger partial charge < -0.3 is 14.2 Å². The molecule has 1 spiro atoms. The average Bonchev–Trinajstić information content (AvgIpc) is 3.46. The SMILES string of the molecule is CCCN1CCC2(CCN(Cc3ccc(OCCCn4ccnc4)cc3)C2)C1=O. The van der Waals surface area contributed by atoms with Crippen LogP contribution in [-0.2, 0) is 17.9 Å². The molecule has 1 aromatic heterocycles. The monoisotopic (exact) mass is 396 g/mol. The molecule has 1 amide bonds. The van der Waals surface area contributed by atoms with Crippen LogP contribution in [0.4, 0.5) is 0 Å². The van der Waals surface area contributed by atoms with Crippen LogP contribution in [0.15, 0.2) is 43.0 Å². The van der Waals surface area contributed by atoms with Crippen LogP contribution in [0.3, 0.4) is 0 Å². The Balaban J connectivity index is 1.23. The minimum atomic E-state index is -0.118. The summed E-state index contributed by atoms with van der Waals surface area (Å²) >= 11 is 0. The summed E-state index contributed by atoms with van der Waals surface area (Å²) < 4.78 is 7.92. The number of benzene rings is 1. The predicted molar refractivity (Wildman–Crippen MR) is 113 cm³/mol. The Hall–Kier alpha value is -2.34. The topological polar surface area (TPSA) is 50.6 Å². The van der Waals surface area contributed by atoms with Gasteiger partial charge in [-0.15, -0.1) is 0 Å². The quantitative estimate of drug-likeness (QED) is 0.611. The number of aromatic nitrogens is 2. The van der Waals surface area contributed by atoms with E-state index in [0.717, 1.165) is 70.7 Å². The number of nitrogens with zero attached hydrogens (tertiary/aromatic N) is 4. The molecule has 6 heteroatoms. The van der Waals surface area contributed by atoms with Crippen LogP contribution < -0.4 is 4.74 Å². The van der Waals surface area contributed by atoms with Crippen LogP contribution in [-0.4, -0.2) is 58.0 Å². The Kier molecular flexibility index (Phi) is 6.19. The smallest absolute Gasteiger partial charge is 0.230 e. The summed E-state index contributed by atoms with van der Waals surface area (Å²) in [6.45, 7) is 8.43. The van der Waals surface area contributed by atoms with E-state index in [1.54, 1.807) is 6.20 Å². The molecular weight excluding hydrogens is 364 g/mol. The van der Waals surface area contributed by atoms with Crippen molar-refractivity contribution in [3.63, 3.8) is 0 Å². The molecule has 6 nitrogen and oxygen atoms in total. The van der Waals surface area contributed by atoms with Crippen LogP contribution in [0.5, 0.6) is 5.75 Å². The zero-order valence-corrected chi connectivity index (χ0v) is 17.4. The number of ether oxygens (including phenoxy) is 1. The molecule has 0 radical (unpaired) electrons. The number of imidazole rings is 1. The van der Waals surface area contributed by atoms with E-state index >= 15 is 0 Å². The normalized spacial score (nSPS) is 22.1. The van der Waals surface area contributed by atoms with Crippen molar-refractivity contribution in [3.05, 3.63) is 48.5 Å². The molecule has 0 N–H and O–H groups in total. The highest BCUT2D eigenvalue weighted by Crippen LogP contribution is 2.41. The second-order valence-electron chi connectivity index (χ2n) is 8.43. The number of aryl methyl sites for hydroxylation is 1. The van der Waals surface area contributed by atoms with Crippen LogP contribution in [0.25, 0.3) is 0 Å². The maximum atomic E-state index is 12.8. The van der Waals surface area contributed by atoms with E-state index in [1.165, 1.54) is 5.56 Å². The second-order valence-corrected chi connectivity index (χ2v) is 8.43. The summed E-state index contributed by atoms with van der Waals surface area (Å²) in [5, 5.41) is 0. The molecule has 1 atom stereocenters. The number of rotatable bonds is 9. The molecule has 1 aromatic carbocycles. The Morgan fingerprint density at radius 1 is 1.14 bits per heavy atom. The Morgan fingerprint density at radius 3 is 2.72 bits per heavy atom. The molecule has 4 rings (SSSR count). The Bertz CT molecular complexity index is 790. The van der Waals surface area contributed by atoms with Gasteiger partial charge in [0, 0.05) is 45.1 Å². The maximum Gasteiger partial charge on any atom is 0.230 e. The number of hydrogen-bond acceptors (Lipinski definition) is 4. The number of carbonyl (C=O) groups excluding carboxylic acids is 1. The second kappa shape index (κ2) is 8.99. The first-order valence-electron chi connectivity index (χ1n) is 10.9. The lowest BCUT2D eigenvalue weighted by atomic mass is 9.85. The lowest BCUT2D eigenvalue weighted by Crippen LogP contribution is -2.37. The fourth-order valence-electron chi connectivity index (χ4n) is 4.65. The van der Waals surface area contributed by atoms with Gasteiger partial charge in [-0.25, -0.2) is 4.98 Å². The predicted octanol–water partition coefficient (Wildman–Crippen LogP) is 3.19. The van der Waals surface area contributed by atoms with E-state index in [4.69, 9.17) is 4.74 Å². The fourth-order valence-corrected chi connectivity index (χ4v) is 4.65. The van der Waals surface area contributed by atoms with Gasteiger partial charge in [-0.2, -0.15) is 0 Å². The molecule has 2 fully saturated rings. The Morgan fingerprint density at radius 2 is 1.97 bits per heavy atom. The highest BCUT2D eigenvalue weighted by Gasteiger charge is 2.50. The van der Waals surface area contributed by atoms with Gasteiger partial charge in [0.15, 0.2) is 0 Å². The van der Waals surface area contributed by atoms with Crippen LogP contribution in [0.2, 0.25) is 0 Å². The molecule has 2 aromatic rings. The summed E-state index contributed by atoms with van der Waals surface area (Å²) in [5.74, 6) is 1.31. The molecule has 0 bridgehead atoms. The van der Waals surface area contributed by atoms with Gasteiger partial charge in [-0.05, 0) is 49.9 Å². The van der Waals surface area contributed by atoms with Gasteiger partial charge in [-0.1, -0.05) is 19.1 Å². The van der Waals surface area contributed by atoms with Crippen molar-refractivity contribution < 1.29 is 9.53 Å². The van der Waals surface area contributed by atoms with Crippen molar-refractivity contribution in [2.75, 3.05) is 32.8 Å². The first kappa shape index (κ1) is 20.0. The van der Waals surface area contributed by atoms with Gasteiger partial charge in [0.2, 0.25) is 5.91 Å². The van der Waals surface area contributed by atoms with Crippen molar-refractivity contribution in [2.24, 2.45) is 5.41 Å². The number of hydrogen-bond donors (Lipinski definition) is 0. The summed E-state index contributed by atoms with van der Waals surface area (Å²) in [6, 6.07) is 8.41. The molecule has 2 aliphatic heterocycles. The van der Waals surface area contributed by atoms with Crippen molar-refractivity contribution in [1.29, 1.82) is 0 Å². The summed E-state index contributed by atoms with van der Waals surface area (Å²) in [7, 11) is 0. The third-order valence-corrected chi connectivity index (χ3v) is 6.25. The van der Waals surface area contributed by atoms with Gasteiger partial charge in [0.1, 0.15) is 5.75 Å². The third kappa shape index (κ3) is 4.64. The van der Waals surface area contributed by atoms with Gasteiger partial charge in [-0.3, -0.25) is 9.69 Å².